The van der Waals surface area contributed by atoms with Crippen molar-refractivity contribution in [2.24, 2.45) is 7.05 Å². The van der Waals surface area contributed by atoms with Gasteiger partial charge in [-0.15, -0.1) is 0 Å². The molecule has 0 spiro atoms. The summed E-state index contributed by atoms with van der Waals surface area (Å²) in [6.45, 7) is 1.63. The van der Waals surface area contributed by atoms with E-state index in [2.05, 4.69) is 30.9 Å². The maximum absolute atomic E-state index is 12.0. The van der Waals surface area contributed by atoms with Gasteiger partial charge in [-0.1, -0.05) is 35.5 Å². The predicted octanol–water partition coefficient (Wildman–Crippen LogP) is 3.51. The molecular formula is C24H23N7O3. The van der Waals surface area contributed by atoms with Crippen LogP contribution in [0, 0.1) is 6.92 Å². The number of H-pyrrole nitrogens is 1. The van der Waals surface area contributed by atoms with E-state index in [9.17, 15) is 9.90 Å². The fourth-order valence-electron chi connectivity index (χ4n) is 3.83. The molecule has 172 valence electrons. The minimum absolute atomic E-state index is 0.115. The fraction of sp³-hybridized carbons (Fsp3) is 0.167. The molecule has 0 aliphatic carbocycles. The number of aromatic nitrogens is 5. The summed E-state index contributed by atoms with van der Waals surface area (Å²) in [4.78, 5) is 20.8. The van der Waals surface area contributed by atoms with E-state index in [0.717, 1.165) is 16.8 Å². The number of fused-ring (bicyclic) bond motifs is 1. The summed E-state index contributed by atoms with van der Waals surface area (Å²) < 4.78 is 7.05. The molecule has 0 aliphatic heterocycles. The summed E-state index contributed by atoms with van der Waals surface area (Å²) in [6, 6.07) is 16.6. The molecular weight excluding hydrogens is 434 g/mol. The smallest absolute Gasteiger partial charge is 0.271 e. The minimum atomic E-state index is -0.357. The number of hydrogen-bond donors (Lipinski definition) is 4. The van der Waals surface area contributed by atoms with Gasteiger partial charge in [0.15, 0.2) is 5.82 Å². The molecule has 3 heterocycles. The van der Waals surface area contributed by atoms with Gasteiger partial charge in [0.1, 0.15) is 5.82 Å². The summed E-state index contributed by atoms with van der Waals surface area (Å²) >= 11 is 0. The van der Waals surface area contributed by atoms with Crippen LogP contribution in [0.5, 0.6) is 0 Å². The summed E-state index contributed by atoms with van der Waals surface area (Å²) in [5.41, 5.74) is 3.62. The molecule has 0 saturated carbocycles. The van der Waals surface area contributed by atoms with Crippen LogP contribution in [-0.4, -0.2) is 36.6 Å². The highest BCUT2D eigenvalue weighted by atomic mass is 16.5. The van der Waals surface area contributed by atoms with E-state index in [4.69, 9.17) is 4.52 Å². The van der Waals surface area contributed by atoms with Crippen molar-refractivity contribution in [1.29, 1.82) is 0 Å². The van der Waals surface area contributed by atoms with Gasteiger partial charge in [0.05, 0.1) is 34.8 Å². The molecule has 0 bridgehead atoms. The first-order chi connectivity index (χ1) is 16.5. The van der Waals surface area contributed by atoms with Crippen molar-refractivity contribution in [3.63, 3.8) is 0 Å². The van der Waals surface area contributed by atoms with Gasteiger partial charge in [-0.05, 0) is 30.7 Å². The minimum Gasteiger partial charge on any atom is -0.394 e. The van der Waals surface area contributed by atoms with Crippen LogP contribution < -0.4 is 16.2 Å². The lowest BCUT2D eigenvalue weighted by Crippen LogP contribution is -2.15. The average molecular weight is 457 g/mol. The Kier molecular flexibility index (Phi) is 5.56. The lowest BCUT2D eigenvalue weighted by Gasteiger charge is -2.20. The number of anilines is 3. The van der Waals surface area contributed by atoms with E-state index in [1.165, 1.54) is 0 Å². The quantitative estimate of drug-likeness (QED) is 0.292. The van der Waals surface area contributed by atoms with Crippen LogP contribution in [0.25, 0.3) is 22.4 Å². The molecule has 5 rings (SSSR count). The molecule has 0 amide bonds. The van der Waals surface area contributed by atoms with Crippen LogP contribution in [0.15, 0.2) is 70.1 Å². The number of benzene rings is 2. The normalized spacial score (nSPS) is 12.1. The van der Waals surface area contributed by atoms with Crippen molar-refractivity contribution >= 4 is 28.1 Å². The van der Waals surface area contributed by atoms with Gasteiger partial charge in [-0.2, -0.15) is 4.98 Å². The second-order valence-corrected chi connectivity index (χ2v) is 7.91. The molecule has 1 atom stereocenters. The SMILES string of the molecule is Cc1noc(-c2cnc(Nc3ccc4c(=O)[nH]n(C)c4c3)cc2N[C@H](CO)c2ccccc2)n1. The van der Waals surface area contributed by atoms with Gasteiger partial charge in [0.25, 0.3) is 11.4 Å². The second-order valence-electron chi connectivity index (χ2n) is 7.91. The topological polar surface area (TPSA) is 134 Å². The third-order valence-corrected chi connectivity index (χ3v) is 5.52. The monoisotopic (exact) mass is 457 g/mol. The predicted molar refractivity (Wildman–Crippen MR) is 129 cm³/mol. The number of nitrogens with zero attached hydrogens (tertiary/aromatic N) is 4. The summed E-state index contributed by atoms with van der Waals surface area (Å²) in [5, 5.41) is 24.0. The molecule has 3 aromatic heterocycles. The van der Waals surface area contributed by atoms with Gasteiger partial charge in [-0.25, -0.2) is 4.98 Å². The van der Waals surface area contributed by atoms with Gasteiger partial charge < -0.3 is 20.3 Å². The number of aliphatic hydroxyl groups is 1. The van der Waals surface area contributed by atoms with E-state index in [-0.39, 0.29) is 18.2 Å². The highest BCUT2D eigenvalue weighted by molar-refractivity contribution is 5.83. The lowest BCUT2D eigenvalue weighted by molar-refractivity contribution is 0.276. The Labute approximate surface area is 194 Å². The van der Waals surface area contributed by atoms with Crippen LogP contribution >= 0.6 is 0 Å². The highest BCUT2D eigenvalue weighted by Gasteiger charge is 2.18. The first-order valence-corrected chi connectivity index (χ1v) is 10.7. The van der Waals surface area contributed by atoms with Gasteiger partial charge in [-0.3, -0.25) is 14.6 Å². The number of rotatable bonds is 7. The third kappa shape index (κ3) is 4.14. The highest BCUT2D eigenvalue weighted by Crippen LogP contribution is 2.32. The van der Waals surface area contributed by atoms with Crippen LogP contribution in [-0.2, 0) is 7.05 Å². The van der Waals surface area contributed by atoms with Crippen LogP contribution in [0.2, 0.25) is 0 Å². The number of pyridine rings is 1. The maximum Gasteiger partial charge on any atom is 0.271 e. The Morgan fingerprint density at radius 3 is 2.74 bits per heavy atom. The number of aryl methyl sites for hydroxylation is 2. The summed E-state index contributed by atoms with van der Waals surface area (Å²) in [6.07, 6.45) is 1.64. The van der Waals surface area contributed by atoms with E-state index >= 15 is 0 Å². The Morgan fingerprint density at radius 2 is 2.00 bits per heavy atom. The Morgan fingerprint density at radius 1 is 1.18 bits per heavy atom. The average Bonchev–Trinajstić information content (AvgIpc) is 3.40. The molecule has 4 N–H and O–H groups in total. The molecule has 5 aromatic rings. The first kappa shape index (κ1) is 21.4. The van der Waals surface area contributed by atoms with Crippen molar-refractivity contribution < 1.29 is 9.63 Å². The number of hydrogen-bond acceptors (Lipinski definition) is 8. The first-order valence-electron chi connectivity index (χ1n) is 10.7. The largest absolute Gasteiger partial charge is 0.394 e. The molecule has 0 aliphatic rings. The van der Waals surface area contributed by atoms with Gasteiger partial charge >= 0.3 is 0 Å². The second kappa shape index (κ2) is 8.83. The molecule has 0 radical (unpaired) electrons. The van der Waals surface area contributed by atoms with E-state index in [0.29, 0.717) is 34.2 Å². The van der Waals surface area contributed by atoms with Crippen molar-refractivity contribution in [3.05, 3.63) is 82.5 Å². The summed E-state index contributed by atoms with van der Waals surface area (Å²) in [7, 11) is 1.79. The summed E-state index contributed by atoms with van der Waals surface area (Å²) in [5.74, 6) is 1.40. The zero-order chi connectivity index (χ0) is 23.7. The maximum atomic E-state index is 12.0. The molecule has 10 heteroatoms. The molecule has 10 nitrogen and oxygen atoms in total. The number of nitrogens with one attached hydrogen (secondary N) is 3. The Bertz CT molecular complexity index is 1500. The third-order valence-electron chi connectivity index (χ3n) is 5.52. The van der Waals surface area contributed by atoms with Crippen molar-refractivity contribution in [3.8, 4) is 11.5 Å². The van der Waals surface area contributed by atoms with Gasteiger partial charge in [0.2, 0.25) is 0 Å². The van der Waals surface area contributed by atoms with Crippen molar-refractivity contribution in [2.75, 3.05) is 17.2 Å². The van der Waals surface area contributed by atoms with Crippen LogP contribution in [0.1, 0.15) is 17.4 Å². The molecule has 34 heavy (non-hydrogen) atoms. The van der Waals surface area contributed by atoms with E-state index in [1.54, 1.807) is 30.9 Å². The molecule has 0 saturated heterocycles. The number of aliphatic hydroxyl groups excluding tert-OH is 1. The molecule has 0 unspecified atom stereocenters. The lowest BCUT2D eigenvalue weighted by atomic mass is 10.1. The van der Waals surface area contributed by atoms with E-state index in [1.807, 2.05) is 48.5 Å². The van der Waals surface area contributed by atoms with Crippen molar-refractivity contribution in [2.45, 2.75) is 13.0 Å². The number of aromatic amines is 1. The molecule has 0 fully saturated rings. The zero-order valence-corrected chi connectivity index (χ0v) is 18.6. The van der Waals surface area contributed by atoms with Crippen LogP contribution in [0.3, 0.4) is 0 Å². The van der Waals surface area contributed by atoms with Gasteiger partial charge in [0, 0.05) is 25.0 Å². The standard InChI is InChI=1S/C24H23N7O3/c1-14-26-24(34-30-14)18-12-25-22(11-19(18)28-20(13-32)15-6-4-3-5-7-15)27-16-8-9-17-21(10-16)31(2)29-23(17)33/h3-12,20,32H,13H2,1-2H3,(H,29,33)(H2,25,27,28)/t20-/m1/s1. The van der Waals surface area contributed by atoms with Crippen LogP contribution in [0.4, 0.5) is 17.2 Å². The zero-order valence-electron chi connectivity index (χ0n) is 18.6. The Balaban J connectivity index is 1.52. The van der Waals surface area contributed by atoms with Crippen molar-refractivity contribution in [1.82, 2.24) is 24.9 Å². The molecule has 2 aromatic carbocycles. The Hall–Kier alpha value is -4.44. The fourth-order valence-corrected chi connectivity index (χ4v) is 3.83. The van der Waals surface area contributed by atoms with E-state index < -0.39 is 0 Å².